The van der Waals surface area contributed by atoms with E-state index in [-0.39, 0.29) is 0 Å². The monoisotopic (exact) mass is 312 g/mol. The fraction of sp³-hybridized carbons (Fsp3) is 0.316. The van der Waals surface area contributed by atoms with Crippen LogP contribution in [0.15, 0.2) is 48.5 Å². The molecular weight excluding hydrogens is 288 g/mol. The molecule has 0 heterocycles. The zero-order valence-electron chi connectivity index (χ0n) is 13.5. The van der Waals surface area contributed by atoms with Crippen LogP contribution in [-0.4, -0.2) is 11.7 Å². The summed E-state index contributed by atoms with van der Waals surface area (Å²) in [6, 6.07) is 17.0. The van der Waals surface area contributed by atoms with Gasteiger partial charge in [0, 0.05) is 12.2 Å². The van der Waals surface area contributed by atoms with E-state index in [2.05, 4.69) is 61.7 Å². The first-order valence-electron chi connectivity index (χ1n) is 7.75. The van der Waals surface area contributed by atoms with Crippen LogP contribution >= 0.6 is 12.2 Å². The maximum atomic E-state index is 5.34. The maximum Gasteiger partial charge on any atom is 0.170 e. The van der Waals surface area contributed by atoms with Gasteiger partial charge in [0.05, 0.1) is 0 Å². The van der Waals surface area contributed by atoms with Crippen LogP contribution in [0.2, 0.25) is 0 Å². The molecule has 0 amide bonds. The van der Waals surface area contributed by atoms with E-state index in [0.29, 0.717) is 11.0 Å². The fourth-order valence-corrected chi connectivity index (χ4v) is 2.48. The summed E-state index contributed by atoms with van der Waals surface area (Å²) in [4.78, 5) is 0. The number of hydrogen-bond donors (Lipinski definition) is 2. The van der Waals surface area contributed by atoms with Gasteiger partial charge in [-0.1, -0.05) is 56.3 Å². The Kier molecular flexibility index (Phi) is 5.96. The van der Waals surface area contributed by atoms with Crippen molar-refractivity contribution in [2.45, 2.75) is 33.1 Å². The molecule has 0 aliphatic heterocycles. The lowest BCUT2D eigenvalue weighted by Crippen LogP contribution is -2.30. The van der Waals surface area contributed by atoms with E-state index in [1.165, 1.54) is 16.7 Å². The van der Waals surface area contributed by atoms with Crippen molar-refractivity contribution in [2.24, 2.45) is 0 Å². The van der Waals surface area contributed by atoms with Gasteiger partial charge in [-0.25, -0.2) is 0 Å². The van der Waals surface area contributed by atoms with Crippen molar-refractivity contribution in [1.82, 2.24) is 5.32 Å². The topological polar surface area (TPSA) is 24.1 Å². The third kappa shape index (κ3) is 4.85. The van der Waals surface area contributed by atoms with Crippen molar-refractivity contribution < 1.29 is 0 Å². The van der Waals surface area contributed by atoms with Crippen molar-refractivity contribution in [3.05, 3.63) is 65.2 Å². The molecule has 0 saturated heterocycles. The van der Waals surface area contributed by atoms with Crippen LogP contribution in [0.1, 0.15) is 36.5 Å². The molecule has 0 aromatic heterocycles. The molecule has 0 spiro atoms. The van der Waals surface area contributed by atoms with Gasteiger partial charge in [-0.2, -0.15) is 0 Å². The van der Waals surface area contributed by atoms with Crippen LogP contribution in [-0.2, 0) is 6.42 Å². The van der Waals surface area contributed by atoms with Crippen LogP contribution in [0.25, 0.3) is 0 Å². The molecule has 0 fully saturated rings. The van der Waals surface area contributed by atoms with Crippen molar-refractivity contribution >= 4 is 23.0 Å². The van der Waals surface area contributed by atoms with Crippen molar-refractivity contribution in [2.75, 3.05) is 11.9 Å². The number of aryl methyl sites for hydroxylation is 1. The Bertz CT molecular complexity index is 618. The third-order valence-electron chi connectivity index (χ3n) is 3.74. The minimum Gasteiger partial charge on any atom is -0.362 e. The lowest BCUT2D eigenvalue weighted by Gasteiger charge is -2.12. The lowest BCUT2D eigenvalue weighted by atomic mass is 10.0. The molecule has 22 heavy (non-hydrogen) atoms. The van der Waals surface area contributed by atoms with Gasteiger partial charge >= 0.3 is 0 Å². The lowest BCUT2D eigenvalue weighted by molar-refractivity contribution is 0.853. The first-order chi connectivity index (χ1) is 10.6. The Hall–Kier alpha value is -1.87. The molecule has 0 atom stereocenters. The van der Waals surface area contributed by atoms with E-state index >= 15 is 0 Å². The van der Waals surface area contributed by atoms with Crippen LogP contribution in [0.4, 0.5) is 5.69 Å². The van der Waals surface area contributed by atoms with E-state index in [4.69, 9.17) is 12.2 Å². The number of benzene rings is 2. The summed E-state index contributed by atoms with van der Waals surface area (Å²) in [6.45, 7) is 7.33. The summed E-state index contributed by atoms with van der Waals surface area (Å²) in [6.07, 6.45) is 0.966. The van der Waals surface area contributed by atoms with Gasteiger partial charge in [-0.3, -0.25) is 0 Å². The maximum absolute atomic E-state index is 5.34. The number of rotatable bonds is 5. The molecule has 0 aliphatic carbocycles. The minimum atomic E-state index is 0.582. The van der Waals surface area contributed by atoms with E-state index in [9.17, 15) is 0 Å². The van der Waals surface area contributed by atoms with Gasteiger partial charge in [0.2, 0.25) is 0 Å². The van der Waals surface area contributed by atoms with Gasteiger partial charge in [0.1, 0.15) is 0 Å². The predicted molar refractivity (Wildman–Crippen MR) is 99.6 cm³/mol. The van der Waals surface area contributed by atoms with Crippen LogP contribution in [0.5, 0.6) is 0 Å². The van der Waals surface area contributed by atoms with Crippen LogP contribution in [0.3, 0.4) is 0 Å². The quantitative estimate of drug-likeness (QED) is 0.786. The summed E-state index contributed by atoms with van der Waals surface area (Å²) >= 11 is 5.34. The molecule has 116 valence electrons. The average Bonchev–Trinajstić information content (AvgIpc) is 2.50. The van der Waals surface area contributed by atoms with E-state index < -0.39 is 0 Å². The summed E-state index contributed by atoms with van der Waals surface area (Å²) in [5, 5.41) is 7.18. The predicted octanol–water partition coefficient (Wildman–Crippen LogP) is 4.65. The highest BCUT2D eigenvalue weighted by Crippen LogP contribution is 2.15. The van der Waals surface area contributed by atoms with Crippen molar-refractivity contribution in [1.29, 1.82) is 0 Å². The normalized spacial score (nSPS) is 10.5. The molecule has 2 aromatic carbocycles. The van der Waals surface area contributed by atoms with Gasteiger partial charge in [0.15, 0.2) is 5.11 Å². The van der Waals surface area contributed by atoms with Crippen molar-refractivity contribution in [3.8, 4) is 0 Å². The molecule has 2 aromatic rings. The summed E-state index contributed by atoms with van der Waals surface area (Å²) in [5.41, 5.74) is 4.96. The summed E-state index contributed by atoms with van der Waals surface area (Å²) in [5.74, 6) is 0.582. The third-order valence-corrected chi connectivity index (χ3v) is 3.99. The van der Waals surface area contributed by atoms with Crippen LogP contribution < -0.4 is 10.6 Å². The molecule has 0 unspecified atom stereocenters. The molecule has 0 aliphatic rings. The van der Waals surface area contributed by atoms with E-state index in [1.807, 2.05) is 18.2 Å². The highest BCUT2D eigenvalue weighted by Gasteiger charge is 2.01. The number of hydrogen-bond acceptors (Lipinski definition) is 1. The molecule has 0 radical (unpaired) electrons. The number of para-hydroxylation sites is 1. The Labute approximate surface area is 139 Å². The Morgan fingerprint density at radius 1 is 1.05 bits per heavy atom. The van der Waals surface area contributed by atoms with E-state index in [0.717, 1.165) is 18.7 Å². The Morgan fingerprint density at radius 3 is 2.36 bits per heavy atom. The van der Waals surface area contributed by atoms with Gasteiger partial charge in [0.25, 0.3) is 0 Å². The zero-order valence-corrected chi connectivity index (χ0v) is 14.3. The summed E-state index contributed by atoms with van der Waals surface area (Å²) in [7, 11) is 0. The smallest absolute Gasteiger partial charge is 0.170 e. The highest BCUT2D eigenvalue weighted by atomic mass is 32.1. The number of nitrogens with one attached hydrogen (secondary N) is 2. The Morgan fingerprint density at radius 2 is 1.73 bits per heavy atom. The largest absolute Gasteiger partial charge is 0.362 e. The first-order valence-corrected chi connectivity index (χ1v) is 8.16. The number of thiocarbonyl (C=S) groups is 1. The second-order valence-electron chi connectivity index (χ2n) is 5.84. The molecular formula is C19H24N2S. The fourth-order valence-electron chi connectivity index (χ4n) is 2.27. The Balaban J connectivity index is 1.78. The second-order valence-corrected chi connectivity index (χ2v) is 6.25. The molecule has 3 heteroatoms. The zero-order chi connectivity index (χ0) is 15.9. The minimum absolute atomic E-state index is 0.582. The first kappa shape index (κ1) is 16.5. The average molecular weight is 312 g/mol. The van der Waals surface area contributed by atoms with E-state index in [1.54, 1.807) is 0 Å². The molecule has 2 nitrogen and oxygen atoms in total. The second kappa shape index (κ2) is 7.95. The highest BCUT2D eigenvalue weighted by molar-refractivity contribution is 7.80. The molecule has 2 N–H and O–H groups in total. The standard InChI is InChI=1S/C19H24N2S/c1-14(2)17-10-8-16(9-11-17)12-13-20-19(22)21-18-7-5-4-6-15(18)3/h4-11,14H,12-13H2,1-3H3,(H2,20,21,22). The number of anilines is 1. The van der Waals surface area contributed by atoms with Crippen molar-refractivity contribution in [3.63, 3.8) is 0 Å². The molecule has 0 saturated carbocycles. The van der Waals surface area contributed by atoms with Gasteiger partial charge in [-0.15, -0.1) is 0 Å². The van der Waals surface area contributed by atoms with Gasteiger partial charge < -0.3 is 10.6 Å². The molecule has 2 rings (SSSR count). The van der Waals surface area contributed by atoms with Gasteiger partial charge in [-0.05, 0) is 54.2 Å². The SMILES string of the molecule is Cc1ccccc1NC(=S)NCCc1ccc(C(C)C)cc1. The van der Waals surface area contributed by atoms with Crippen LogP contribution in [0, 0.1) is 6.92 Å². The summed E-state index contributed by atoms with van der Waals surface area (Å²) < 4.78 is 0. The molecule has 0 bridgehead atoms.